The largest absolute Gasteiger partial charge is 0.303 e. The van der Waals surface area contributed by atoms with Gasteiger partial charge in [-0.2, -0.15) is 0 Å². The molecule has 0 aliphatic carbocycles. The molecule has 0 fully saturated rings. The molecule has 0 aliphatic heterocycles. The van der Waals surface area contributed by atoms with E-state index in [0.717, 1.165) is 0 Å². The van der Waals surface area contributed by atoms with E-state index < -0.39 is 0 Å². The molecule has 0 unspecified atom stereocenters. The number of hydrogen-bond donors (Lipinski definition) is 1. The maximum Gasteiger partial charge on any atom is 0.0579 e. The van der Waals surface area contributed by atoms with Gasteiger partial charge in [0, 0.05) is 0 Å². The lowest BCUT2D eigenvalue weighted by Gasteiger charge is -2.21. The molecule has 0 atom stereocenters. The van der Waals surface area contributed by atoms with Crippen molar-refractivity contribution in [1.29, 1.82) is 0 Å². The molecule has 2 nitrogen and oxygen atoms in total. The normalized spacial score (nSPS) is 10.0. The Labute approximate surface area is 101 Å². The molecule has 0 heterocycles. The Bertz CT molecular complexity index is 82.6. The second kappa shape index (κ2) is 16.6. The summed E-state index contributed by atoms with van der Waals surface area (Å²) in [6.07, 6.45) is 8.09. The molecular formula is C12H28ClNO. The van der Waals surface area contributed by atoms with E-state index in [9.17, 15) is 0 Å². The lowest BCUT2D eigenvalue weighted by atomic mass is 10.2. The molecule has 0 aromatic rings. The zero-order valence-electron chi connectivity index (χ0n) is 10.6. The Morgan fingerprint density at radius 2 is 1.00 bits per heavy atom. The van der Waals surface area contributed by atoms with Crippen molar-refractivity contribution >= 4 is 11.9 Å². The van der Waals surface area contributed by atoms with Crippen LogP contribution in [-0.4, -0.2) is 29.2 Å². The molecule has 3 heteroatoms. The van der Waals surface area contributed by atoms with Crippen LogP contribution in [0.2, 0.25) is 0 Å². The molecule has 0 bridgehead atoms. The maximum atomic E-state index is 6.47. The number of hydrogen-bond acceptors (Lipinski definition) is 2. The minimum absolute atomic E-state index is 1.32. The van der Waals surface area contributed by atoms with Crippen LogP contribution in [-0.2, 0) is 0 Å². The smallest absolute Gasteiger partial charge is 0.0579 e. The number of halogens is 1. The summed E-state index contributed by atoms with van der Waals surface area (Å²) < 4.78 is 6.47. The third-order valence-corrected chi connectivity index (χ3v) is 2.48. The molecule has 1 N–H and O–H groups in total. The molecule has 94 valence electrons. The highest BCUT2D eigenvalue weighted by Gasteiger charge is 2.01. The summed E-state index contributed by atoms with van der Waals surface area (Å²) in [6, 6.07) is 0. The summed E-state index contributed by atoms with van der Waals surface area (Å²) in [5.41, 5.74) is 0. The number of nitrogens with zero attached hydrogens (tertiary/aromatic N) is 1. The van der Waals surface area contributed by atoms with Gasteiger partial charge in [0.05, 0.1) is 11.9 Å². The van der Waals surface area contributed by atoms with Crippen LogP contribution < -0.4 is 0 Å². The van der Waals surface area contributed by atoms with Crippen LogP contribution in [0, 0.1) is 0 Å². The highest BCUT2D eigenvalue weighted by atomic mass is 35.5. The van der Waals surface area contributed by atoms with Gasteiger partial charge in [0.15, 0.2) is 0 Å². The lowest BCUT2D eigenvalue weighted by molar-refractivity contribution is 0.261. The predicted octanol–water partition coefficient (Wildman–Crippen LogP) is 3.82. The SMILES string of the molecule is CCCCN(CCCC)CCCC.OCl. The summed E-state index contributed by atoms with van der Waals surface area (Å²) >= 11 is 3.64. The second-order valence-electron chi connectivity index (χ2n) is 3.90. The van der Waals surface area contributed by atoms with Gasteiger partial charge in [0.25, 0.3) is 0 Å². The van der Waals surface area contributed by atoms with E-state index in [0.29, 0.717) is 0 Å². The summed E-state index contributed by atoms with van der Waals surface area (Å²) in [6.45, 7) is 10.8. The van der Waals surface area contributed by atoms with Crippen LogP contribution in [0.15, 0.2) is 0 Å². The fourth-order valence-electron chi connectivity index (χ4n) is 1.48. The highest BCUT2D eigenvalue weighted by molar-refractivity contribution is 6.04. The van der Waals surface area contributed by atoms with Gasteiger partial charge in [-0.1, -0.05) is 40.0 Å². The van der Waals surface area contributed by atoms with Gasteiger partial charge in [-0.3, -0.25) is 4.66 Å². The van der Waals surface area contributed by atoms with E-state index in [2.05, 4.69) is 37.5 Å². The molecule has 0 aromatic heterocycles. The average molecular weight is 238 g/mol. The van der Waals surface area contributed by atoms with E-state index in [1.165, 1.54) is 58.2 Å². The van der Waals surface area contributed by atoms with Crippen LogP contribution in [0.4, 0.5) is 0 Å². The van der Waals surface area contributed by atoms with Gasteiger partial charge in [-0.05, 0) is 38.9 Å². The van der Waals surface area contributed by atoms with Crippen molar-refractivity contribution in [2.75, 3.05) is 19.6 Å². The molecule has 0 amide bonds. The molecule has 0 spiro atoms. The standard InChI is InChI=1S/C12H27N.ClHO/c1-4-7-10-13(11-8-5-2)12-9-6-3;1-2/h4-12H2,1-3H3;2H. The van der Waals surface area contributed by atoms with E-state index in [-0.39, 0.29) is 0 Å². The van der Waals surface area contributed by atoms with Crippen LogP contribution >= 0.6 is 11.9 Å². The first-order valence-electron chi connectivity index (χ1n) is 6.24. The third-order valence-electron chi connectivity index (χ3n) is 2.48. The fraction of sp³-hybridized carbons (Fsp3) is 1.00. The minimum Gasteiger partial charge on any atom is -0.303 e. The molecule has 15 heavy (non-hydrogen) atoms. The Kier molecular flexibility index (Phi) is 19.5. The molecule has 0 radical (unpaired) electrons. The summed E-state index contributed by atoms with van der Waals surface area (Å²) in [7, 11) is 0. The van der Waals surface area contributed by atoms with E-state index >= 15 is 0 Å². The summed E-state index contributed by atoms with van der Waals surface area (Å²) in [5.74, 6) is 0. The van der Waals surface area contributed by atoms with Gasteiger partial charge >= 0.3 is 0 Å². The molecule has 0 aliphatic rings. The van der Waals surface area contributed by atoms with Crippen LogP contribution in [0.1, 0.15) is 59.3 Å². The molecule has 0 saturated carbocycles. The van der Waals surface area contributed by atoms with Crippen molar-refractivity contribution in [2.45, 2.75) is 59.3 Å². The Balaban J connectivity index is 0. The molecule has 0 aromatic carbocycles. The van der Waals surface area contributed by atoms with Crippen LogP contribution in [0.5, 0.6) is 0 Å². The lowest BCUT2D eigenvalue weighted by Crippen LogP contribution is -2.27. The van der Waals surface area contributed by atoms with Gasteiger partial charge in [0.1, 0.15) is 0 Å². The Hall–Kier alpha value is 0.210. The third kappa shape index (κ3) is 14.2. The van der Waals surface area contributed by atoms with Crippen molar-refractivity contribution in [1.82, 2.24) is 4.90 Å². The molecular weight excluding hydrogens is 210 g/mol. The van der Waals surface area contributed by atoms with E-state index in [1.807, 2.05) is 0 Å². The van der Waals surface area contributed by atoms with Gasteiger partial charge in [-0.25, -0.2) is 0 Å². The van der Waals surface area contributed by atoms with E-state index in [4.69, 9.17) is 4.66 Å². The highest BCUT2D eigenvalue weighted by Crippen LogP contribution is 2.01. The van der Waals surface area contributed by atoms with Crippen molar-refractivity contribution in [3.63, 3.8) is 0 Å². The number of rotatable bonds is 9. The van der Waals surface area contributed by atoms with Crippen molar-refractivity contribution in [2.24, 2.45) is 0 Å². The van der Waals surface area contributed by atoms with Gasteiger partial charge in [0.2, 0.25) is 0 Å². The van der Waals surface area contributed by atoms with Crippen LogP contribution in [0.3, 0.4) is 0 Å². The minimum atomic E-state index is 1.32. The van der Waals surface area contributed by atoms with Crippen molar-refractivity contribution < 1.29 is 4.66 Å². The topological polar surface area (TPSA) is 23.5 Å². The maximum absolute atomic E-state index is 6.47. The molecule has 0 saturated heterocycles. The van der Waals surface area contributed by atoms with Crippen molar-refractivity contribution in [3.8, 4) is 0 Å². The average Bonchev–Trinajstić information content (AvgIpc) is 2.31. The van der Waals surface area contributed by atoms with E-state index in [1.54, 1.807) is 0 Å². The first-order valence-corrected chi connectivity index (χ1v) is 6.58. The Morgan fingerprint density at radius 1 is 0.733 bits per heavy atom. The number of unbranched alkanes of at least 4 members (excludes halogenated alkanes) is 3. The second-order valence-corrected chi connectivity index (χ2v) is 3.90. The first-order chi connectivity index (χ1) is 7.35. The predicted molar refractivity (Wildman–Crippen MR) is 69.2 cm³/mol. The quantitative estimate of drug-likeness (QED) is 0.659. The van der Waals surface area contributed by atoms with Crippen molar-refractivity contribution in [3.05, 3.63) is 0 Å². The first kappa shape index (κ1) is 17.6. The Morgan fingerprint density at radius 3 is 1.20 bits per heavy atom. The monoisotopic (exact) mass is 237 g/mol. The summed E-state index contributed by atoms with van der Waals surface area (Å²) in [5, 5.41) is 0. The van der Waals surface area contributed by atoms with Crippen LogP contribution in [0.25, 0.3) is 0 Å². The zero-order valence-corrected chi connectivity index (χ0v) is 11.4. The molecule has 0 rings (SSSR count). The zero-order chi connectivity index (χ0) is 11.9. The van der Waals surface area contributed by atoms with Gasteiger partial charge < -0.3 is 4.90 Å². The van der Waals surface area contributed by atoms with Gasteiger partial charge in [-0.15, -0.1) is 0 Å². The fourth-order valence-corrected chi connectivity index (χ4v) is 1.48. The summed E-state index contributed by atoms with van der Waals surface area (Å²) in [4.78, 5) is 2.64.